The van der Waals surface area contributed by atoms with E-state index >= 15 is 0 Å². The minimum absolute atomic E-state index is 0.00759. The molecule has 0 aromatic carbocycles. The van der Waals surface area contributed by atoms with Crippen LogP contribution in [0.5, 0.6) is 0 Å². The molecule has 1 saturated carbocycles. The molecule has 114 valence electrons. The highest BCUT2D eigenvalue weighted by Gasteiger charge is 2.41. The third-order valence-corrected chi connectivity index (χ3v) is 4.06. The van der Waals surface area contributed by atoms with Gasteiger partial charge in [0.05, 0.1) is 0 Å². The highest BCUT2D eigenvalue weighted by atomic mass is 16.4. The molecule has 2 rings (SSSR count). The zero-order valence-corrected chi connectivity index (χ0v) is 12.3. The Hall–Kier alpha value is -2.11. The number of nitrogens with one attached hydrogen (secondary N) is 2. The fraction of sp³-hybridized carbons (Fsp3) is 0.533. The van der Waals surface area contributed by atoms with E-state index in [0.717, 1.165) is 19.3 Å². The molecule has 1 amide bonds. The second kappa shape index (κ2) is 5.71. The van der Waals surface area contributed by atoms with Crippen LogP contribution in [0.15, 0.2) is 10.9 Å². The van der Waals surface area contributed by atoms with Gasteiger partial charge in [-0.15, -0.1) is 0 Å². The molecule has 0 atom stereocenters. The Morgan fingerprint density at radius 3 is 2.38 bits per heavy atom. The van der Waals surface area contributed by atoms with Crippen LogP contribution in [-0.4, -0.2) is 27.5 Å². The maximum atomic E-state index is 12.4. The van der Waals surface area contributed by atoms with E-state index < -0.39 is 23.0 Å². The second-order valence-corrected chi connectivity index (χ2v) is 5.74. The van der Waals surface area contributed by atoms with Crippen molar-refractivity contribution in [3.05, 3.63) is 33.2 Å². The molecule has 6 nitrogen and oxygen atoms in total. The zero-order chi connectivity index (χ0) is 15.6. The van der Waals surface area contributed by atoms with Gasteiger partial charge >= 0.3 is 5.97 Å². The Morgan fingerprint density at radius 2 is 1.86 bits per heavy atom. The van der Waals surface area contributed by atoms with Crippen LogP contribution in [0.4, 0.5) is 0 Å². The van der Waals surface area contributed by atoms with E-state index in [1.165, 1.54) is 0 Å². The number of H-pyrrole nitrogens is 1. The van der Waals surface area contributed by atoms with E-state index in [0.29, 0.717) is 24.1 Å². The van der Waals surface area contributed by atoms with Gasteiger partial charge in [-0.3, -0.25) is 9.59 Å². The number of rotatable bonds is 3. The standard InChI is InChI=1S/C15H20N2O4/c1-9-8-10(2)16-12(18)11(9)13(19)17-15(14(20)21)6-4-3-5-7-15/h8H,3-7H2,1-2H3,(H,16,18)(H,17,19)(H,20,21). The first-order valence-corrected chi connectivity index (χ1v) is 7.12. The molecule has 1 aromatic rings. The number of carbonyl (C=O) groups excluding carboxylic acids is 1. The van der Waals surface area contributed by atoms with Crippen molar-refractivity contribution in [1.82, 2.24) is 10.3 Å². The Bertz CT molecular complexity index is 627. The quantitative estimate of drug-likeness (QED) is 0.786. The van der Waals surface area contributed by atoms with Gasteiger partial charge in [0.15, 0.2) is 0 Å². The summed E-state index contributed by atoms with van der Waals surface area (Å²) < 4.78 is 0. The van der Waals surface area contributed by atoms with Crippen molar-refractivity contribution in [2.75, 3.05) is 0 Å². The molecule has 1 heterocycles. The van der Waals surface area contributed by atoms with Crippen LogP contribution in [0.1, 0.15) is 53.7 Å². The summed E-state index contributed by atoms with van der Waals surface area (Å²) in [6, 6.07) is 1.70. The molecule has 0 bridgehead atoms. The molecule has 1 aliphatic carbocycles. The SMILES string of the molecule is Cc1cc(C)c(C(=O)NC2(C(=O)O)CCCCC2)c(=O)[nH]1. The first kappa shape index (κ1) is 15.3. The fourth-order valence-corrected chi connectivity index (χ4v) is 2.96. The molecule has 1 fully saturated rings. The first-order chi connectivity index (χ1) is 9.85. The summed E-state index contributed by atoms with van der Waals surface area (Å²) in [6.07, 6.45) is 3.29. The lowest BCUT2D eigenvalue weighted by molar-refractivity contribution is -0.145. The zero-order valence-electron chi connectivity index (χ0n) is 12.3. The number of hydrogen-bond donors (Lipinski definition) is 3. The normalized spacial score (nSPS) is 17.2. The lowest BCUT2D eigenvalue weighted by Crippen LogP contribution is -2.56. The van der Waals surface area contributed by atoms with Crippen LogP contribution in [-0.2, 0) is 4.79 Å². The van der Waals surface area contributed by atoms with Gasteiger partial charge in [-0.1, -0.05) is 19.3 Å². The number of carboxylic acids is 1. The van der Waals surface area contributed by atoms with Crippen molar-refractivity contribution in [1.29, 1.82) is 0 Å². The van der Waals surface area contributed by atoms with E-state index in [1.54, 1.807) is 19.9 Å². The summed E-state index contributed by atoms with van der Waals surface area (Å²) in [4.78, 5) is 38.5. The molecular formula is C15H20N2O4. The number of aryl methyl sites for hydroxylation is 2. The van der Waals surface area contributed by atoms with Gasteiger partial charge in [0.1, 0.15) is 11.1 Å². The number of aliphatic carboxylic acids is 1. The number of carboxylic acid groups (broad SMARTS) is 1. The Labute approximate surface area is 122 Å². The van der Waals surface area contributed by atoms with Crippen LogP contribution < -0.4 is 10.9 Å². The van der Waals surface area contributed by atoms with Crippen LogP contribution in [0.2, 0.25) is 0 Å². The molecule has 21 heavy (non-hydrogen) atoms. The van der Waals surface area contributed by atoms with Gasteiger partial charge in [-0.05, 0) is 38.3 Å². The summed E-state index contributed by atoms with van der Waals surface area (Å²) in [5, 5.41) is 12.1. The lowest BCUT2D eigenvalue weighted by Gasteiger charge is -2.34. The number of carbonyl (C=O) groups is 2. The first-order valence-electron chi connectivity index (χ1n) is 7.12. The third-order valence-electron chi connectivity index (χ3n) is 4.06. The highest BCUT2D eigenvalue weighted by molar-refractivity contribution is 5.98. The average Bonchev–Trinajstić information content (AvgIpc) is 2.38. The maximum Gasteiger partial charge on any atom is 0.329 e. The van der Waals surface area contributed by atoms with E-state index in [9.17, 15) is 19.5 Å². The number of aromatic amines is 1. The van der Waals surface area contributed by atoms with Gasteiger partial charge in [-0.2, -0.15) is 0 Å². The van der Waals surface area contributed by atoms with E-state index in [-0.39, 0.29) is 5.56 Å². The smallest absolute Gasteiger partial charge is 0.329 e. The Morgan fingerprint density at radius 1 is 1.24 bits per heavy atom. The van der Waals surface area contributed by atoms with Crippen molar-refractivity contribution in [2.45, 2.75) is 51.5 Å². The minimum Gasteiger partial charge on any atom is -0.480 e. The van der Waals surface area contributed by atoms with E-state index in [4.69, 9.17) is 0 Å². The van der Waals surface area contributed by atoms with Crippen LogP contribution in [0, 0.1) is 13.8 Å². The van der Waals surface area contributed by atoms with Gasteiger partial charge < -0.3 is 15.4 Å². The molecule has 0 saturated heterocycles. The Balaban J connectivity index is 2.32. The van der Waals surface area contributed by atoms with Gasteiger partial charge in [-0.25, -0.2) is 4.79 Å². The summed E-state index contributed by atoms with van der Waals surface area (Å²) in [5.41, 5.74) is -0.531. The molecule has 1 aliphatic rings. The number of aromatic nitrogens is 1. The summed E-state index contributed by atoms with van der Waals surface area (Å²) in [5.74, 6) is -1.64. The number of amides is 1. The van der Waals surface area contributed by atoms with E-state index in [2.05, 4.69) is 10.3 Å². The maximum absolute atomic E-state index is 12.4. The second-order valence-electron chi connectivity index (χ2n) is 5.74. The van der Waals surface area contributed by atoms with Crippen LogP contribution in [0.25, 0.3) is 0 Å². The molecule has 1 aromatic heterocycles. The Kier molecular flexibility index (Phi) is 4.16. The summed E-state index contributed by atoms with van der Waals surface area (Å²) >= 11 is 0. The van der Waals surface area contributed by atoms with Crippen LogP contribution in [0.3, 0.4) is 0 Å². The molecule has 0 spiro atoms. The van der Waals surface area contributed by atoms with Gasteiger partial charge in [0, 0.05) is 5.69 Å². The summed E-state index contributed by atoms with van der Waals surface area (Å²) in [7, 11) is 0. The number of pyridine rings is 1. The molecule has 0 aliphatic heterocycles. The largest absolute Gasteiger partial charge is 0.480 e. The predicted molar refractivity (Wildman–Crippen MR) is 77.5 cm³/mol. The fourth-order valence-electron chi connectivity index (χ4n) is 2.96. The van der Waals surface area contributed by atoms with Crippen molar-refractivity contribution < 1.29 is 14.7 Å². The highest BCUT2D eigenvalue weighted by Crippen LogP contribution is 2.28. The van der Waals surface area contributed by atoms with Gasteiger partial charge in [0.2, 0.25) is 0 Å². The lowest BCUT2D eigenvalue weighted by atomic mass is 9.81. The summed E-state index contributed by atoms with van der Waals surface area (Å²) in [6.45, 7) is 3.40. The van der Waals surface area contributed by atoms with E-state index in [1.807, 2.05) is 0 Å². The molecule has 6 heteroatoms. The van der Waals surface area contributed by atoms with Crippen molar-refractivity contribution in [3.8, 4) is 0 Å². The van der Waals surface area contributed by atoms with Crippen molar-refractivity contribution >= 4 is 11.9 Å². The average molecular weight is 292 g/mol. The molecular weight excluding hydrogens is 272 g/mol. The monoisotopic (exact) mass is 292 g/mol. The predicted octanol–water partition coefficient (Wildman–Crippen LogP) is 1.51. The molecule has 0 radical (unpaired) electrons. The van der Waals surface area contributed by atoms with Crippen molar-refractivity contribution in [3.63, 3.8) is 0 Å². The van der Waals surface area contributed by atoms with Crippen molar-refractivity contribution in [2.24, 2.45) is 0 Å². The number of hydrogen-bond acceptors (Lipinski definition) is 3. The molecule has 0 unspecified atom stereocenters. The molecule has 3 N–H and O–H groups in total. The van der Waals surface area contributed by atoms with Crippen LogP contribution >= 0.6 is 0 Å². The topological polar surface area (TPSA) is 99.3 Å². The third kappa shape index (κ3) is 2.99. The minimum atomic E-state index is -1.25. The van der Waals surface area contributed by atoms with Gasteiger partial charge in [0.25, 0.3) is 11.5 Å².